The van der Waals surface area contributed by atoms with Crippen LogP contribution in [-0.2, 0) is 4.79 Å². The van der Waals surface area contributed by atoms with E-state index in [2.05, 4.69) is 0 Å². The fraction of sp³-hybridized carbons (Fsp3) is 0.467. The number of rotatable bonds is 2. The van der Waals surface area contributed by atoms with Crippen molar-refractivity contribution in [2.24, 2.45) is 5.73 Å². The number of benzene rings is 1. The number of carbonyl (C=O) groups is 2. The number of nitrogens with two attached hydrogens (primary N) is 1. The van der Waals surface area contributed by atoms with Gasteiger partial charge in [-0.05, 0) is 37.1 Å². The molecule has 1 atom stereocenters. The summed E-state index contributed by atoms with van der Waals surface area (Å²) < 4.78 is 0. The molecule has 3 rings (SSSR count). The zero-order valence-electron chi connectivity index (χ0n) is 11.4. The number of likely N-dealkylation sites (tertiary alicyclic amines) is 1. The second-order valence-corrected chi connectivity index (χ2v) is 5.50. The number of carbonyl (C=O) groups excluding carboxylic acids is 2. The van der Waals surface area contributed by atoms with Gasteiger partial charge in [-0.15, -0.1) is 0 Å². The maximum atomic E-state index is 12.3. The molecule has 0 spiro atoms. The lowest BCUT2D eigenvalue weighted by Crippen LogP contribution is -2.31. The van der Waals surface area contributed by atoms with Gasteiger partial charge in [0.05, 0.1) is 0 Å². The summed E-state index contributed by atoms with van der Waals surface area (Å²) in [6.45, 7) is 2.13. The van der Waals surface area contributed by atoms with Crippen molar-refractivity contribution >= 4 is 17.5 Å². The Hall–Kier alpha value is -1.88. The van der Waals surface area contributed by atoms with Gasteiger partial charge in [0.15, 0.2) is 0 Å². The minimum absolute atomic E-state index is 0.0252. The first kappa shape index (κ1) is 13.1. The van der Waals surface area contributed by atoms with E-state index in [-0.39, 0.29) is 17.9 Å². The summed E-state index contributed by atoms with van der Waals surface area (Å²) in [7, 11) is 0. The monoisotopic (exact) mass is 273 g/mol. The van der Waals surface area contributed by atoms with Gasteiger partial charge in [-0.2, -0.15) is 0 Å². The lowest BCUT2D eigenvalue weighted by atomic mass is 10.1. The largest absolute Gasteiger partial charge is 0.337 e. The summed E-state index contributed by atoms with van der Waals surface area (Å²) in [4.78, 5) is 27.5. The Labute approximate surface area is 118 Å². The highest BCUT2D eigenvalue weighted by Gasteiger charge is 2.25. The van der Waals surface area contributed by atoms with E-state index in [0.717, 1.165) is 31.6 Å². The van der Waals surface area contributed by atoms with Crippen LogP contribution in [0.3, 0.4) is 0 Å². The van der Waals surface area contributed by atoms with Crippen LogP contribution in [0, 0.1) is 0 Å². The van der Waals surface area contributed by atoms with E-state index in [1.54, 1.807) is 21.9 Å². The van der Waals surface area contributed by atoms with E-state index in [0.29, 0.717) is 18.5 Å². The van der Waals surface area contributed by atoms with E-state index in [4.69, 9.17) is 5.73 Å². The Balaban J connectivity index is 1.72. The second kappa shape index (κ2) is 5.25. The Kier molecular flexibility index (Phi) is 3.44. The van der Waals surface area contributed by atoms with E-state index in [1.807, 2.05) is 12.1 Å². The molecule has 2 amide bonds. The minimum Gasteiger partial charge on any atom is -0.337 e. The zero-order chi connectivity index (χ0) is 14.1. The summed E-state index contributed by atoms with van der Waals surface area (Å²) >= 11 is 0. The molecule has 1 aromatic carbocycles. The number of anilines is 1. The normalized spacial score (nSPS) is 22.6. The highest BCUT2D eigenvalue weighted by Crippen LogP contribution is 2.22. The predicted octanol–water partition coefficient (Wildman–Crippen LogP) is 0.987. The molecule has 20 heavy (non-hydrogen) atoms. The van der Waals surface area contributed by atoms with Crippen LogP contribution in [0.25, 0.3) is 0 Å². The first-order chi connectivity index (χ1) is 9.65. The van der Waals surface area contributed by atoms with Crippen molar-refractivity contribution in [3.8, 4) is 0 Å². The molecule has 0 bridgehead atoms. The van der Waals surface area contributed by atoms with Crippen molar-refractivity contribution in [2.75, 3.05) is 24.5 Å². The highest BCUT2D eigenvalue weighted by molar-refractivity contribution is 5.97. The van der Waals surface area contributed by atoms with Gasteiger partial charge >= 0.3 is 0 Å². The van der Waals surface area contributed by atoms with Crippen molar-refractivity contribution in [1.82, 2.24) is 4.90 Å². The van der Waals surface area contributed by atoms with Crippen molar-refractivity contribution < 1.29 is 9.59 Å². The van der Waals surface area contributed by atoms with E-state index in [1.165, 1.54) is 0 Å². The van der Waals surface area contributed by atoms with Gasteiger partial charge in [0.25, 0.3) is 5.91 Å². The summed E-state index contributed by atoms with van der Waals surface area (Å²) in [6.07, 6.45) is 2.39. The Morgan fingerprint density at radius 1 is 1.20 bits per heavy atom. The van der Waals surface area contributed by atoms with Gasteiger partial charge in [0.1, 0.15) is 0 Å². The van der Waals surface area contributed by atoms with Gasteiger partial charge in [-0.25, -0.2) is 0 Å². The molecule has 0 radical (unpaired) electrons. The lowest BCUT2D eigenvalue weighted by Gasteiger charge is -2.18. The summed E-state index contributed by atoms with van der Waals surface area (Å²) in [5, 5.41) is 0. The third-order valence-corrected chi connectivity index (χ3v) is 4.01. The van der Waals surface area contributed by atoms with Crippen LogP contribution in [0.15, 0.2) is 24.3 Å². The van der Waals surface area contributed by atoms with E-state index in [9.17, 15) is 9.59 Å². The van der Waals surface area contributed by atoms with Crippen LogP contribution in [0.5, 0.6) is 0 Å². The third kappa shape index (κ3) is 2.41. The fourth-order valence-corrected chi connectivity index (χ4v) is 2.86. The van der Waals surface area contributed by atoms with E-state index < -0.39 is 0 Å². The standard InChI is InChI=1S/C15H19N3O2/c16-12-7-9-17(10-12)15(20)11-3-5-13(6-4-11)18-8-1-2-14(18)19/h3-6,12H,1-2,7-10,16H2/t12-/m0/s1. The molecule has 5 heteroatoms. The number of amides is 2. The van der Waals surface area contributed by atoms with Crippen molar-refractivity contribution in [3.05, 3.63) is 29.8 Å². The lowest BCUT2D eigenvalue weighted by molar-refractivity contribution is -0.117. The van der Waals surface area contributed by atoms with Gasteiger partial charge < -0.3 is 15.5 Å². The van der Waals surface area contributed by atoms with Crippen molar-refractivity contribution in [1.29, 1.82) is 0 Å². The molecule has 0 saturated carbocycles. The first-order valence-corrected chi connectivity index (χ1v) is 7.10. The summed E-state index contributed by atoms with van der Waals surface area (Å²) in [5.41, 5.74) is 7.36. The maximum Gasteiger partial charge on any atom is 0.253 e. The van der Waals surface area contributed by atoms with Crippen LogP contribution in [0.1, 0.15) is 29.6 Å². The van der Waals surface area contributed by atoms with Gasteiger partial charge in [0, 0.05) is 43.3 Å². The molecule has 5 nitrogen and oxygen atoms in total. The molecule has 2 saturated heterocycles. The molecule has 2 fully saturated rings. The topological polar surface area (TPSA) is 66.6 Å². The van der Waals surface area contributed by atoms with Crippen LogP contribution >= 0.6 is 0 Å². The molecule has 0 aromatic heterocycles. The van der Waals surface area contributed by atoms with Gasteiger partial charge in [-0.1, -0.05) is 0 Å². The van der Waals surface area contributed by atoms with Crippen LogP contribution in [0.4, 0.5) is 5.69 Å². The van der Waals surface area contributed by atoms with E-state index >= 15 is 0 Å². The molecular formula is C15H19N3O2. The quantitative estimate of drug-likeness (QED) is 0.873. The smallest absolute Gasteiger partial charge is 0.253 e. The average Bonchev–Trinajstić information content (AvgIpc) is 3.07. The number of hydrogen-bond acceptors (Lipinski definition) is 3. The SMILES string of the molecule is N[C@H]1CCN(C(=O)c2ccc(N3CCCC3=O)cc2)C1. The van der Waals surface area contributed by atoms with Crippen LogP contribution in [-0.4, -0.2) is 42.4 Å². The Morgan fingerprint density at radius 2 is 1.95 bits per heavy atom. The number of hydrogen-bond donors (Lipinski definition) is 1. The molecule has 1 aromatic rings. The molecular weight excluding hydrogens is 254 g/mol. The molecule has 2 heterocycles. The highest BCUT2D eigenvalue weighted by atomic mass is 16.2. The molecule has 2 aliphatic rings. The summed E-state index contributed by atoms with van der Waals surface area (Å²) in [6, 6.07) is 7.40. The van der Waals surface area contributed by atoms with Crippen LogP contribution < -0.4 is 10.6 Å². The average molecular weight is 273 g/mol. The zero-order valence-corrected chi connectivity index (χ0v) is 11.4. The molecule has 2 aliphatic heterocycles. The molecule has 106 valence electrons. The second-order valence-electron chi connectivity index (χ2n) is 5.50. The third-order valence-electron chi connectivity index (χ3n) is 4.01. The maximum absolute atomic E-state index is 12.3. The van der Waals surface area contributed by atoms with Crippen molar-refractivity contribution in [3.63, 3.8) is 0 Å². The number of nitrogens with zero attached hydrogens (tertiary/aromatic N) is 2. The van der Waals surface area contributed by atoms with Gasteiger partial charge in [-0.3, -0.25) is 9.59 Å². The van der Waals surface area contributed by atoms with Crippen molar-refractivity contribution in [2.45, 2.75) is 25.3 Å². The molecule has 0 aliphatic carbocycles. The fourth-order valence-electron chi connectivity index (χ4n) is 2.86. The Morgan fingerprint density at radius 3 is 2.50 bits per heavy atom. The van der Waals surface area contributed by atoms with Crippen LogP contribution in [0.2, 0.25) is 0 Å². The van der Waals surface area contributed by atoms with Gasteiger partial charge in [0.2, 0.25) is 5.91 Å². The first-order valence-electron chi connectivity index (χ1n) is 7.10. The Bertz CT molecular complexity index is 526. The predicted molar refractivity (Wildman–Crippen MR) is 76.5 cm³/mol. The minimum atomic E-state index is 0.0252. The molecule has 0 unspecified atom stereocenters. The molecule has 2 N–H and O–H groups in total. The summed E-state index contributed by atoms with van der Waals surface area (Å²) in [5.74, 6) is 0.187.